The van der Waals surface area contributed by atoms with E-state index in [2.05, 4.69) is 10.1 Å². The van der Waals surface area contributed by atoms with Gasteiger partial charge in [-0.15, -0.1) is 0 Å². The van der Waals surface area contributed by atoms with Crippen molar-refractivity contribution >= 4 is 11.9 Å². The maximum atomic E-state index is 13.8. The van der Waals surface area contributed by atoms with Gasteiger partial charge in [-0.25, -0.2) is 13.6 Å². The zero-order chi connectivity index (χ0) is 15.4. The summed E-state index contributed by atoms with van der Waals surface area (Å²) >= 11 is 0. The Balaban J connectivity index is 2.23. The molecule has 0 spiro atoms. The Morgan fingerprint density at radius 2 is 1.95 bits per heavy atom. The van der Waals surface area contributed by atoms with Crippen LogP contribution in [0, 0.1) is 17.6 Å². The SMILES string of the molecule is COC(=O)[C@@H](NC(=O)C1CCCC1)c1cc(F)ccc1F. The molecule has 6 heteroatoms. The molecule has 1 aromatic carbocycles. The third-order valence-corrected chi connectivity index (χ3v) is 3.72. The summed E-state index contributed by atoms with van der Waals surface area (Å²) in [4.78, 5) is 23.9. The highest BCUT2D eigenvalue weighted by Gasteiger charge is 2.30. The van der Waals surface area contributed by atoms with Crippen molar-refractivity contribution in [2.24, 2.45) is 5.92 Å². The van der Waals surface area contributed by atoms with Crippen LogP contribution in [0.3, 0.4) is 0 Å². The van der Waals surface area contributed by atoms with Crippen LogP contribution in [0.1, 0.15) is 37.3 Å². The Kier molecular flexibility index (Phi) is 4.88. The molecule has 0 unspecified atom stereocenters. The molecule has 1 saturated carbocycles. The van der Waals surface area contributed by atoms with Crippen LogP contribution in [0.5, 0.6) is 0 Å². The molecule has 1 aliphatic carbocycles. The Morgan fingerprint density at radius 1 is 1.29 bits per heavy atom. The van der Waals surface area contributed by atoms with Gasteiger partial charge in [0.15, 0.2) is 6.04 Å². The summed E-state index contributed by atoms with van der Waals surface area (Å²) in [6.45, 7) is 0. The Labute approximate surface area is 121 Å². The lowest BCUT2D eigenvalue weighted by atomic mass is 10.0. The number of ether oxygens (including phenoxy) is 1. The molecule has 1 aromatic rings. The van der Waals surface area contributed by atoms with Crippen LogP contribution < -0.4 is 5.32 Å². The zero-order valence-corrected chi connectivity index (χ0v) is 11.7. The molecule has 21 heavy (non-hydrogen) atoms. The van der Waals surface area contributed by atoms with Crippen LogP contribution in [-0.2, 0) is 14.3 Å². The van der Waals surface area contributed by atoms with Crippen molar-refractivity contribution < 1.29 is 23.1 Å². The largest absolute Gasteiger partial charge is 0.467 e. The Bertz CT molecular complexity index is 542. The summed E-state index contributed by atoms with van der Waals surface area (Å²) in [6.07, 6.45) is 3.39. The molecule has 1 atom stereocenters. The molecule has 2 rings (SSSR count). The first-order valence-electron chi connectivity index (χ1n) is 6.86. The van der Waals surface area contributed by atoms with Gasteiger partial charge in [0.25, 0.3) is 0 Å². The van der Waals surface area contributed by atoms with Crippen LogP contribution in [0.2, 0.25) is 0 Å². The standard InChI is InChI=1S/C15H17F2NO3/c1-21-15(20)13(11-8-10(16)6-7-12(11)17)18-14(19)9-4-2-3-5-9/h6-9,13H,2-5H2,1H3,(H,18,19)/t13-/m0/s1. The second-order valence-corrected chi connectivity index (χ2v) is 5.11. The molecule has 1 fully saturated rings. The minimum Gasteiger partial charge on any atom is -0.467 e. The third kappa shape index (κ3) is 3.56. The van der Waals surface area contributed by atoms with E-state index in [1.54, 1.807) is 0 Å². The van der Waals surface area contributed by atoms with E-state index >= 15 is 0 Å². The van der Waals surface area contributed by atoms with Gasteiger partial charge in [-0.3, -0.25) is 4.79 Å². The normalized spacial score (nSPS) is 16.5. The number of halogens is 2. The fraction of sp³-hybridized carbons (Fsp3) is 0.467. The van der Waals surface area contributed by atoms with E-state index in [-0.39, 0.29) is 17.4 Å². The smallest absolute Gasteiger partial charge is 0.333 e. The predicted molar refractivity (Wildman–Crippen MR) is 71.2 cm³/mol. The molecule has 0 aromatic heterocycles. The van der Waals surface area contributed by atoms with Gasteiger partial charge in [0.05, 0.1) is 7.11 Å². The summed E-state index contributed by atoms with van der Waals surface area (Å²) in [5, 5.41) is 2.47. The molecule has 0 bridgehead atoms. The highest BCUT2D eigenvalue weighted by atomic mass is 19.1. The number of carbonyl (C=O) groups excluding carboxylic acids is 2. The number of rotatable bonds is 4. The molecule has 1 N–H and O–H groups in total. The van der Waals surface area contributed by atoms with Crippen LogP contribution in [-0.4, -0.2) is 19.0 Å². The summed E-state index contributed by atoms with van der Waals surface area (Å²) < 4.78 is 31.7. The maximum Gasteiger partial charge on any atom is 0.333 e. The van der Waals surface area contributed by atoms with Crippen LogP contribution >= 0.6 is 0 Å². The predicted octanol–water partition coefficient (Wildman–Crippen LogP) is 2.49. The van der Waals surface area contributed by atoms with Crippen molar-refractivity contribution in [3.63, 3.8) is 0 Å². The lowest BCUT2D eigenvalue weighted by Gasteiger charge is -2.19. The molecule has 4 nitrogen and oxygen atoms in total. The molecular formula is C15H17F2NO3. The average molecular weight is 297 g/mol. The van der Waals surface area contributed by atoms with Crippen molar-refractivity contribution in [3.05, 3.63) is 35.4 Å². The molecular weight excluding hydrogens is 280 g/mol. The molecule has 114 valence electrons. The van der Waals surface area contributed by atoms with E-state index in [1.165, 1.54) is 0 Å². The van der Waals surface area contributed by atoms with Gasteiger partial charge in [0, 0.05) is 11.5 Å². The number of amides is 1. The first kappa shape index (κ1) is 15.4. The van der Waals surface area contributed by atoms with E-state index in [1.807, 2.05) is 0 Å². The average Bonchev–Trinajstić information content (AvgIpc) is 3.01. The van der Waals surface area contributed by atoms with Gasteiger partial charge in [-0.05, 0) is 31.0 Å². The Hall–Kier alpha value is -1.98. The molecule has 0 heterocycles. The zero-order valence-electron chi connectivity index (χ0n) is 11.7. The second-order valence-electron chi connectivity index (χ2n) is 5.11. The summed E-state index contributed by atoms with van der Waals surface area (Å²) in [7, 11) is 1.13. The van der Waals surface area contributed by atoms with Gasteiger partial charge in [0.1, 0.15) is 11.6 Å². The van der Waals surface area contributed by atoms with Crippen molar-refractivity contribution in [1.82, 2.24) is 5.32 Å². The topological polar surface area (TPSA) is 55.4 Å². The molecule has 0 radical (unpaired) electrons. The van der Waals surface area contributed by atoms with E-state index in [0.29, 0.717) is 0 Å². The quantitative estimate of drug-likeness (QED) is 0.869. The number of benzene rings is 1. The van der Waals surface area contributed by atoms with Crippen LogP contribution in [0.4, 0.5) is 8.78 Å². The van der Waals surface area contributed by atoms with Gasteiger partial charge >= 0.3 is 5.97 Å². The lowest BCUT2D eigenvalue weighted by molar-refractivity contribution is -0.145. The first-order valence-corrected chi connectivity index (χ1v) is 6.86. The van der Waals surface area contributed by atoms with E-state index in [4.69, 9.17) is 0 Å². The molecule has 0 aliphatic heterocycles. The number of hydrogen-bond donors (Lipinski definition) is 1. The number of carbonyl (C=O) groups is 2. The lowest BCUT2D eigenvalue weighted by Crippen LogP contribution is -2.38. The molecule has 1 amide bonds. The fourth-order valence-corrected chi connectivity index (χ4v) is 2.57. The number of esters is 1. The van der Waals surface area contributed by atoms with Crippen molar-refractivity contribution in [3.8, 4) is 0 Å². The van der Waals surface area contributed by atoms with Gasteiger partial charge in [0.2, 0.25) is 5.91 Å². The van der Waals surface area contributed by atoms with Gasteiger partial charge < -0.3 is 10.1 Å². The molecule has 1 aliphatic rings. The van der Waals surface area contributed by atoms with Crippen molar-refractivity contribution in [1.29, 1.82) is 0 Å². The minimum absolute atomic E-state index is 0.186. The summed E-state index contributed by atoms with van der Waals surface area (Å²) in [5.74, 6) is -2.79. The van der Waals surface area contributed by atoms with E-state index < -0.39 is 23.6 Å². The van der Waals surface area contributed by atoms with Crippen molar-refractivity contribution in [2.75, 3.05) is 7.11 Å². The Morgan fingerprint density at radius 3 is 2.57 bits per heavy atom. The number of hydrogen-bond acceptors (Lipinski definition) is 3. The maximum absolute atomic E-state index is 13.8. The van der Waals surface area contributed by atoms with Crippen LogP contribution in [0.15, 0.2) is 18.2 Å². The van der Waals surface area contributed by atoms with E-state index in [9.17, 15) is 18.4 Å². The number of methoxy groups -OCH3 is 1. The summed E-state index contributed by atoms with van der Waals surface area (Å²) in [5.41, 5.74) is -0.229. The van der Waals surface area contributed by atoms with E-state index in [0.717, 1.165) is 51.0 Å². The highest BCUT2D eigenvalue weighted by Crippen LogP contribution is 2.27. The van der Waals surface area contributed by atoms with Gasteiger partial charge in [-0.2, -0.15) is 0 Å². The minimum atomic E-state index is -1.33. The number of nitrogens with one attached hydrogen (secondary N) is 1. The summed E-state index contributed by atoms with van der Waals surface area (Å²) in [6, 6.07) is 1.43. The first-order chi connectivity index (χ1) is 10.0. The van der Waals surface area contributed by atoms with Gasteiger partial charge in [-0.1, -0.05) is 12.8 Å². The molecule has 0 saturated heterocycles. The van der Waals surface area contributed by atoms with Crippen molar-refractivity contribution in [2.45, 2.75) is 31.7 Å². The second kappa shape index (κ2) is 6.65. The third-order valence-electron chi connectivity index (χ3n) is 3.72. The highest BCUT2D eigenvalue weighted by molar-refractivity contribution is 5.86. The monoisotopic (exact) mass is 297 g/mol. The fourth-order valence-electron chi connectivity index (χ4n) is 2.57. The van der Waals surface area contributed by atoms with Crippen LogP contribution in [0.25, 0.3) is 0 Å².